The van der Waals surface area contributed by atoms with Gasteiger partial charge in [-0.05, 0) is 13.0 Å². The zero-order valence-corrected chi connectivity index (χ0v) is 13.2. The SMILES string of the molecule is C[C@@H]1[C@@H](CC(=O)N2CC(F)(F)C2)COCCN1Cc1ccoc1. The van der Waals surface area contributed by atoms with Crippen LogP contribution in [0.25, 0.3) is 0 Å². The molecule has 2 aliphatic rings. The van der Waals surface area contributed by atoms with E-state index in [1.54, 1.807) is 12.5 Å². The van der Waals surface area contributed by atoms with E-state index >= 15 is 0 Å². The second kappa shape index (κ2) is 6.57. The molecule has 0 bridgehead atoms. The molecule has 5 nitrogen and oxygen atoms in total. The van der Waals surface area contributed by atoms with Gasteiger partial charge in [-0.25, -0.2) is 8.78 Å². The number of likely N-dealkylation sites (tertiary alicyclic amines) is 1. The molecule has 1 aromatic rings. The highest BCUT2D eigenvalue weighted by atomic mass is 19.3. The maximum Gasteiger partial charge on any atom is 0.282 e. The second-order valence-corrected chi connectivity index (χ2v) is 6.49. The van der Waals surface area contributed by atoms with Crippen molar-refractivity contribution in [1.29, 1.82) is 0 Å². The van der Waals surface area contributed by atoms with E-state index in [-0.39, 0.29) is 24.3 Å². The summed E-state index contributed by atoms with van der Waals surface area (Å²) in [6.45, 7) is 3.76. The Hall–Kier alpha value is -1.47. The Morgan fingerprint density at radius 3 is 2.87 bits per heavy atom. The van der Waals surface area contributed by atoms with Gasteiger partial charge in [0.05, 0.1) is 38.8 Å². The zero-order valence-electron chi connectivity index (χ0n) is 13.2. The molecule has 0 unspecified atom stereocenters. The summed E-state index contributed by atoms with van der Waals surface area (Å²) in [7, 11) is 0. The van der Waals surface area contributed by atoms with E-state index < -0.39 is 19.0 Å². The quantitative estimate of drug-likeness (QED) is 0.848. The largest absolute Gasteiger partial charge is 0.472 e. The van der Waals surface area contributed by atoms with Crippen LogP contribution in [0.15, 0.2) is 23.0 Å². The highest BCUT2D eigenvalue weighted by Crippen LogP contribution is 2.29. The molecule has 0 aromatic carbocycles. The number of furan rings is 1. The van der Waals surface area contributed by atoms with Crippen LogP contribution in [-0.2, 0) is 16.1 Å². The van der Waals surface area contributed by atoms with E-state index in [2.05, 4.69) is 11.8 Å². The highest BCUT2D eigenvalue weighted by Gasteiger charge is 2.46. The van der Waals surface area contributed by atoms with Crippen molar-refractivity contribution in [2.45, 2.75) is 31.9 Å². The van der Waals surface area contributed by atoms with Crippen LogP contribution in [0.1, 0.15) is 18.9 Å². The van der Waals surface area contributed by atoms with Gasteiger partial charge in [0.25, 0.3) is 5.92 Å². The summed E-state index contributed by atoms with van der Waals surface area (Å²) in [5.41, 5.74) is 1.08. The van der Waals surface area contributed by atoms with Gasteiger partial charge in [0.15, 0.2) is 0 Å². The summed E-state index contributed by atoms with van der Waals surface area (Å²) in [6, 6.07) is 2.05. The molecule has 7 heteroatoms. The molecule has 0 aliphatic carbocycles. The molecule has 0 radical (unpaired) electrons. The van der Waals surface area contributed by atoms with Crippen molar-refractivity contribution in [3.63, 3.8) is 0 Å². The van der Waals surface area contributed by atoms with Crippen molar-refractivity contribution >= 4 is 5.91 Å². The normalized spacial score (nSPS) is 28.2. The van der Waals surface area contributed by atoms with E-state index in [1.165, 1.54) is 4.90 Å². The summed E-state index contributed by atoms with van der Waals surface area (Å²) >= 11 is 0. The third-order valence-electron chi connectivity index (χ3n) is 4.71. The van der Waals surface area contributed by atoms with Gasteiger partial charge in [0.1, 0.15) is 0 Å². The lowest BCUT2D eigenvalue weighted by atomic mass is 9.95. The minimum atomic E-state index is -2.71. The molecule has 1 amide bonds. The minimum absolute atomic E-state index is 0.00567. The summed E-state index contributed by atoms with van der Waals surface area (Å²) in [6.07, 6.45) is 3.60. The van der Waals surface area contributed by atoms with E-state index in [4.69, 9.17) is 9.15 Å². The summed E-state index contributed by atoms with van der Waals surface area (Å²) in [5.74, 6) is -2.91. The van der Waals surface area contributed by atoms with E-state index in [1.807, 2.05) is 6.07 Å². The monoisotopic (exact) mass is 328 g/mol. The Morgan fingerprint density at radius 2 is 2.22 bits per heavy atom. The smallest absolute Gasteiger partial charge is 0.282 e. The Kier molecular flexibility index (Phi) is 4.68. The Balaban J connectivity index is 1.58. The number of hydrogen-bond donors (Lipinski definition) is 0. The number of amides is 1. The molecule has 0 spiro atoms. The van der Waals surface area contributed by atoms with Crippen LogP contribution in [0.4, 0.5) is 8.78 Å². The standard InChI is InChI=1S/C16H22F2N2O3/c1-12-14(6-15(21)20-10-16(17,18)11-20)9-23-5-3-19(12)7-13-2-4-22-8-13/h2,4,8,12,14H,3,5-7,9-11H2,1H3/t12-,14+/m1/s1. The molecule has 0 saturated carbocycles. The maximum absolute atomic E-state index is 12.9. The fraction of sp³-hybridized carbons (Fsp3) is 0.688. The molecular weight excluding hydrogens is 306 g/mol. The predicted octanol–water partition coefficient (Wildman–Crippen LogP) is 1.98. The number of alkyl halides is 2. The van der Waals surface area contributed by atoms with Gasteiger partial charge >= 0.3 is 0 Å². The lowest BCUT2D eigenvalue weighted by molar-refractivity contribution is -0.167. The summed E-state index contributed by atoms with van der Waals surface area (Å²) < 4.78 is 36.5. The zero-order chi connectivity index (χ0) is 16.4. The van der Waals surface area contributed by atoms with Gasteiger partial charge in [-0.15, -0.1) is 0 Å². The van der Waals surface area contributed by atoms with Crippen molar-refractivity contribution in [2.24, 2.45) is 5.92 Å². The molecule has 2 atom stereocenters. The van der Waals surface area contributed by atoms with Gasteiger partial charge in [-0.2, -0.15) is 0 Å². The lowest BCUT2D eigenvalue weighted by Gasteiger charge is -2.40. The highest BCUT2D eigenvalue weighted by molar-refractivity contribution is 5.77. The molecular formula is C16H22F2N2O3. The Morgan fingerprint density at radius 1 is 1.43 bits per heavy atom. The van der Waals surface area contributed by atoms with Gasteiger partial charge in [0, 0.05) is 37.0 Å². The number of carbonyl (C=O) groups excluding carboxylic acids is 1. The molecule has 23 heavy (non-hydrogen) atoms. The fourth-order valence-corrected chi connectivity index (χ4v) is 3.17. The molecule has 0 N–H and O–H groups in total. The summed E-state index contributed by atoms with van der Waals surface area (Å²) in [4.78, 5) is 15.7. The lowest BCUT2D eigenvalue weighted by Crippen LogP contribution is -2.59. The van der Waals surface area contributed by atoms with Crippen molar-refractivity contribution in [2.75, 3.05) is 32.8 Å². The number of rotatable bonds is 4. The van der Waals surface area contributed by atoms with Gasteiger partial charge < -0.3 is 14.1 Å². The topological polar surface area (TPSA) is 45.9 Å². The minimum Gasteiger partial charge on any atom is -0.472 e. The second-order valence-electron chi connectivity index (χ2n) is 6.49. The van der Waals surface area contributed by atoms with Gasteiger partial charge in [0.2, 0.25) is 5.91 Å². The number of nitrogens with zero attached hydrogens (tertiary/aromatic N) is 2. The van der Waals surface area contributed by atoms with Crippen LogP contribution in [0, 0.1) is 5.92 Å². The predicted molar refractivity (Wildman–Crippen MR) is 79.0 cm³/mol. The van der Waals surface area contributed by atoms with Crippen LogP contribution < -0.4 is 0 Å². The average molecular weight is 328 g/mol. The summed E-state index contributed by atoms with van der Waals surface area (Å²) in [5, 5.41) is 0. The van der Waals surface area contributed by atoms with E-state index in [9.17, 15) is 13.6 Å². The van der Waals surface area contributed by atoms with E-state index in [0.717, 1.165) is 18.7 Å². The number of carbonyl (C=O) groups is 1. The average Bonchev–Trinajstić information content (AvgIpc) is 2.92. The Labute approximate surface area is 134 Å². The van der Waals surface area contributed by atoms with Crippen LogP contribution in [0.2, 0.25) is 0 Å². The molecule has 2 fully saturated rings. The first kappa shape index (κ1) is 16.4. The van der Waals surface area contributed by atoms with Crippen molar-refractivity contribution < 1.29 is 22.7 Å². The fourth-order valence-electron chi connectivity index (χ4n) is 3.17. The number of hydrogen-bond acceptors (Lipinski definition) is 4. The molecule has 2 aliphatic heterocycles. The number of ether oxygens (including phenoxy) is 1. The molecule has 2 saturated heterocycles. The van der Waals surface area contributed by atoms with Crippen molar-refractivity contribution in [1.82, 2.24) is 9.80 Å². The molecule has 128 valence electrons. The molecule has 3 heterocycles. The third-order valence-corrected chi connectivity index (χ3v) is 4.71. The van der Waals surface area contributed by atoms with Gasteiger partial charge in [-0.1, -0.05) is 0 Å². The third kappa shape index (κ3) is 3.90. The van der Waals surface area contributed by atoms with Crippen molar-refractivity contribution in [3.05, 3.63) is 24.2 Å². The van der Waals surface area contributed by atoms with Crippen molar-refractivity contribution in [3.8, 4) is 0 Å². The molecule has 1 aromatic heterocycles. The molecule has 3 rings (SSSR count). The Bertz CT molecular complexity index is 527. The van der Waals surface area contributed by atoms with Crippen LogP contribution in [0.5, 0.6) is 0 Å². The first-order valence-corrected chi connectivity index (χ1v) is 7.93. The van der Waals surface area contributed by atoms with E-state index in [0.29, 0.717) is 13.2 Å². The van der Waals surface area contributed by atoms with Gasteiger partial charge in [-0.3, -0.25) is 9.69 Å². The van der Waals surface area contributed by atoms with Crippen LogP contribution in [-0.4, -0.2) is 60.5 Å². The van der Waals surface area contributed by atoms with Crippen LogP contribution >= 0.6 is 0 Å². The first-order chi connectivity index (χ1) is 10.9. The number of halogens is 2. The maximum atomic E-state index is 12.9. The van der Waals surface area contributed by atoms with Crippen LogP contribution in [0.3, 0.4) is 0 Å². The first-order valence-electron chi connectivity index (χ1n) is 7.93.